The molecule has 1 rings (SSSR count). The Morgan fingerprint density at radius 1 is 1.39 bits per heavy atom. The molecule has 0 bridgehead atoms. The number of hydrogen-bond acceptors (Lipinski definition) is 3. The number of methoxy groups -OCH3 is 2. The van der Waals surface area contributed by atoms with Gasteiger partial charge in [-0.15, -0.1) is 0 Å². The van der Waals surface area contributed by atoms with Crippen molar-refractivity contribution in [1.82, 2.24) is 0 Å². The van der Waals surface area contributed by atoms with Crippen LogP contribution in [-0.2, 0) is 4.79 Å². The lowest BCUT2D eigenvalue weighted by atomic mass is 10.2. The first kappa shape index (κ1) is 15.1. The van der Waals surface area contributed by atoms with Crippen molar-refractivity contribution in [1.29, 1.82) is 0 Å². The molecule has 1 aromatic carbocycles. The van der Waals surface area contributed by atoms with E-state index in [0.29, 0.717) is 28.6 Å². The summed E-state index contributed by atoms with van der Waals surface area (Å²) in [7, 11) is 3.05. The topological polar surface area (TPSA) is 47.6 Å². The summed E-state index contributed by atoms with van der Waals surface area (Å²) in [5.74, 6) is 0.887. The van der Waals surface area contributed by atoms with Gasteiger partial charge in [0.25, 0.3) is 0 Å². The van der Waals surface area contributed by atoms with Crippen LogP contribution in [0.2, 0.25) is 5.02 Å². The summed E-state index contributed by atoms with van der Waals surface area (Å²) >= 11 is 9.34. The van der Waals surface area contributed by atoms with Gasteiger partial charge in [0.15, 0.2) is 11.5 Å². The molecule has 0 fully saturated rings. The normalized spacial score (nSPS) is 11.8. The third-order valence-electron chi connectivity index (χ3n) is 2.37. The van der Waals surface area contributed by atoms with Gasteiger partial charge in [-0.25, -0.2) is 0 Å². The molecule has 0 aromatic heterocycles. The number of anilines is 1. The highest BCUT2D eigenvalue weighted by molar-refractivity contribution is 9.10. The van der Waals surface area contributed by atoms with Crippen LogP contribution < -0.4 is 14.8 Å². The second-order valence-electron chi connectivity index (χ2n) is 3.55. The van der Waals surface area contributed by atoms with Gasteiger partial charge in [0.1, 0.15) is 0 Å². The Hall–Kier alpha value is -0.940. The van der Waals surface area contributed by atoms with E-state index in [1.54, 1.807) is 12.1 Å². The molecule has 0 radical (unpaired) electrons. The number of ether oxygens (including phenoxy) is 2. The SMILES string of the molecule is CCC(Br)C(=O)Nc1cc(OC)c(OC)cc1Cl. The van der Waals surface area contributed by atoms with Gasteiger partial charge in [-0.05, 0) is 6.42 Å². The zero-order valence-electron chi connectivity index (χ0n) is 10.4. The summed E-state index contributed by atoms with van der Waals surface area (Å²) < 4.78 is 10.3. The number of alkyl halides is 1. The van der Waals surface area contributed by atoms with Gasteiger partial charge in [-0.1, -0.05) is 34.5 Å². The van der Waals surface area contributed by atoms with Gasteiger partial charge in [0.05, 0.1) is 29.8 Å². The van der Waals surface area contributed by atoms with E-state index < -0.39 is 0 Å². The van der Waals surface area contributed by atoms with Crippen molar-refractivity contribution in [3.63, 3.8) is 0 Å². The Morgan fingerprint density at radius 3 is 2.44 bits per heavy atom. The fraction of sp³-hybridized carbons (Fsp3) is 0.417. The Kier molecular flexibility index (Phi) is 5.75. The average Bonchev–Trinajstić information content (AvgIpc) is 2.39. The van der Waals surface area contributed by atoms with Crippen molar-refractivity contribution in [2.75, 3.05) is 19.5 Å². The minimum atomic E-state index is -0.248. The number of nitrogens with one attached hydrogen (secondary N) is 1. The molecule has 6 heteroatoms. The zero-order valence-corrected chi connectivity index (χ0v) is 12.8. The molecule has 18 heavy (non-hydrogen) atoms. The van der Waals surface area contributed by atoms with E-state index in [0.717, 1.165) is 0 Å². The third kappa shape index (κ3) is 3.53. The van der Waals surface area contributed by atoms with Gasteiger partial charge in [0.2, 0.25) is 5.91 Å². The molecule has 0 aliphatic rings. The van der Waals surface area contributed by atoms with Crippen molar-refractivity contribution in [2.45, 2.75) is 18.2 Å². The molecular formula is C12H15BrClNO3. The van der Waals surface area contributed by atoms with Crippen LogP contribution in [0, 0.1) is 0 Å². The molecule has 1 amide bonds. The fourth-order valence-corrected chi connectivity index (χ4v) is 1.66. The molecule has 0 aliphatic heterocycles. The molecular weight excluding hydrogens is 321 g/mol. The second kappa shape index (κ2) is 6.85. The van der Waals surface area contributed by atoms with Gasteiger partial charge in [0, 0.05) is 12.1 Å². The summed E-state index contributed by atoms with van der Waals surface area (Å²) in [5.41, 5.74) is 0.497. The van der Waals surface area contributed by atoms with Crippen molar-refractivity contribution < 1.29 is 14.3 Å². The zero-order chi connectivity index (χ0) is 13.7. The van der Waals surface area contributed by atoms with Gasteiger partial charge >= 0.3 is 0 Å². The van der Waals surface area contributed by atoms with Crippen molar-refractivity contribution in [3.8, 4) is 11.5 Å². The number of carbonyl (C=O) groups excluding carboxylic acids is 1. The molecule has 0 saturated heterocycles. The third-order valence-corrected chi connectivity index (χ3v) is 3.75. The van der Waals surface area contributed by atoms with E-state index in [1.165, 1.54) is 14.2 Å². The highest BCUT2D eigenvalue weighted by atomic mass is 79.9. The van der Waals surface area contributed by atoms with Crippen molar-refractivity contribution in [3.05, 3.63) is 17.2 Å². The molecule has 0 saturated carbocycles. The molecule has 1 aromatic rings. The van der Waals surface area contributed by atoms with Crippen LogP contribution in [0.15, 0.2) is 12.1 Å². The van der Waals surface area contributed by atoms with Gasteiger partial charge in [-0.3, -0.25) is 4.79 Å². The number of rotatable bonds is 5. The summed E-state index contributed by atoms with van der Waals surface area (Å²) in [6.45, 7) is 1.91. The molecule has 0 spiro atoms. The number of benzene rings is 1. The van der Waals surface area contributed by atoms with E-state index >= 15 is 0 Å². The first-order chi connectivity index (χ1) is 8.53. The predicted octanol–water partition coefficient (Wildman–Crippen LogP) is 3.47. The Labute approximate surface area is 120 Å². The van der Waals surface area contributed by atoms with Gasteiger partial charge in [-0.2, -0.15) is 0 Å². The quantitative estimate of drug-likeness (QED) is 0.838. The highest BCUT2D eigenvalue weighted by Crippen LogP contribution is 2.36. The highest BCUT2D eigenvalue weighted by Gasteiger charge is 2.16. The van der Waals surface area contributed by atoms with E-state index in [2.05, 4.69) is 21.2 Å². The van der Waals surface area contributed by atoms with Crippen LogP contribution >= 0.6 is 27.5 Å². The molecule has 4 nitrogen and oxygen atoms in total. The Morgan fingerprint density at radius 2 is 1.94 bits per heavy atom. The summed E-state index contributed by atoms with van der Waals surface area (Å²) in [4.78, 5) is 11.5. The van der Waals surface area contributed by atoms with E-state index in [9.17, 15) is 4.79 Å². The maximum absolute atomic E-state index is 11.8. The Bertz CT molecular complexity index is 440. The molecule has 1 atom stereocenters. The molecule has 0 aliphatic carbocycles. The second-order valence-corrected chi connectivity index (χ2v) is 5.06. The standard InChI is InChI=1S/C12H15BrClNO3/c1-4-7(13)12(16)15-9-6-11(18-3)10(17-2)5-8(9)14/h5-7H,4H2,1-3H3,(H,15,16). The largest absolute Gasteiger partial charge is 0.493 e. The lowest BCUT2D eigenvalue weighted by Crippen LogP contribution is -2.22. The first-order valence-corrected chi connectivity index (χ1v) is 6.69. The van der Waals surface area contributed by atoms with Crippen molar-refractivity contribution >= 4 is 39.1 Å². The first-order valence-electron chi connectivity index (χ1n) is 5.39. The van der Waals surface area contributed by atoms with Crippen LogP contribution in [0.5, 0.6) is 11.5 Å². The van der Waals surface area contributed by atoms with E-state index in [4.69, 9.17) is 21.1 Å². The number of halogens is 2. The predicted molar refractivity (Wildman–Crippen MR) is 76.2 cm³/mol. The minimum absolute atomic E-state index is 0.147. The molecule has 1 unspecified atom stereocenters. The lowest BCUT2D eigenvalue weighted by Gasteiger charge is -2.14. The van der Waals surface area contributed by atoms with Gasteiger partial charge < -0.3 is 14.8 Å². The monoisotopic (exact) mass is 335 g/mol. The van der Waals surface area contributed by atoms with Crippen LogP contribution in [0.25, 0.3) is 0 Å². The van der Waals surface area contributed by atoms with E-state index in [-0.39, 0.29) is 10.7 Å². The average molecular weight is 337 g/mol. The molecule has 0 heterocycles. The van der Waals surface area contributed by atoms with Crippen molar-refractivity contribution in [2.24, 2.45) is 0 Å². The summed E-state index contributed by atoms with van der Waals surface area (Å²) in [5, 5.41) is 3.13. The summed E-state index contributed by atoms with van der Waals surface area (Å²) in [6, 6.07) is 3.24. The van der Waals surface area contributed by atoms with Crippen LogP contribution in [-0.4, -0.2) is 25.0 Å². The fourth-order valence-electron chi connectivity index (χ4n) is 1.35. The minimum Gasteiger partial charge on any atom is -0.493 e. The smallest absolute Gasteiger partial charge is 0.238 e. The van der Waals surface area contributed by atoms with Crippen LogP contribution in [0.1, 0.15) is 13.3 Å². The van der Waals surface area contributed by atoms with Crippen LogP contribution in [0.4, 0.5) is 5.69 Å². The number of carbonyl (C=O) groups is 1. The Balaban J connectivity index is 2.99. The van der Waals surface area contributed by atoms with Crippen LogP contribution in [0.3, 0.4) is 0 Å². The maximum Gasteiger partial charge on any atom is 0.238 e. The number of hydrogen-bond donors (Lipinski definition) is 1. The molecule has 100 valence electrons. The number of amides is 1. The molecule has 1 N–H and O–H groups in total. The summed E-state index contributed by atoms with van der Waals surface area (Å²) in [6.07, 6.45) is 0.691. The lowest BCUT2D eigenvalue weighted by molar-refractivity contribution is -0.115. The maximum atomic E-state index is 11.8. The van der Waals surface area contributed by atoms with E-state index in [1.807, 2.05) is 6.92 Å².